The van der Waals surface area contributed by atoms with Crippen molar-refractivity contribution in [3.05, 3.63) is 53.5 Å². The first-order valence-electron chi connectivity index (χ1n) is 8.39. The lowest BCUT2D eigenvalue weighted by Gasteiger charge is -2.19. The van der Waals surface area contributed by atoms with Crippen LogP contribution in [-0.4, -0.2) is 36.4 Å². The molecular formula is C18H17F3N4O2. The van der Waals surface area contributed by atoms with E-state index < -0.39 is 41.5 Å². The first-order chi connectivity index (χ1) is 13.0. The number of pyridine rings is 1. The van der Waals surface area contributed by atoms with Gasteiger partial charge in [-0.1, -0.05) is 0 Å². The standard InChI is InChI=1S/C18H17F3N4O2/c19-12-5-6-13(16(21)15(12)20)24-14(26)10-23-18(27)11-4-3-7-22-17(11)25-8-1-2-9-25/h3-7H,1-2,8-10H2,(H,23,27)(H,24,26). The smallest absolute Gasteiger partial charge is 0.255 e. The Hall–Kier alpha value is -3.10. The molecule has 0 bridgehead atoms. The first kappa shape index (κ1) is 18.7. The lowest BCUT2D eigenvalue weighted by molar-refractivity contribution is -0.115. The van der Waals surface area contributed by atoms with Crippen molar-refractivity contribution < 1.29 is 22.8 Å². The van der Waals surface area contributed by atoms with Crippen LogP contribution in [0.5, 0.6) is 0 Å². The summed E-state index contributed by atoms with van der Waals surface area (Å²) in [6.07, 6.45) is 3.61. The highest BCUT2D eigenvalue weighted by Crippen LogP contribution is 2.22. The number of carbonyl (C=O) groups is 2. The molecule has 0 radical (unpaired) electrons. The van der Waals surface area contributed by atoms with Gasteiger partial charge >= 0.3 is 0 Å². The Morgan fingerprint density at radius 2 is 1.81 bits per heavy atom. The molecule has 2 aromatic rings. The normalized spacial score (nSPS) is 13.5. The van der Waals surface area contributed by atoms with Crippen LogP contribution in [0.1, 0.15) is 23.2 Å². The van der Waals surface area contributed by atoms with Gasteiger partial charge in [0.2, 0.25) is 5.91 Å². The van der Waals surface area contributed by atoms with Crippen molar-refractivity contribution in [2.24, 2.45) is 0 Å². The number of halogens is 3. The van der Waals surface area contributed by atoms with E-state index in [1.165, 1.54) is 0 Å². The Morgan fingerprint density at radius 3 is 2.56 bits per heavy atom. The van der Waals surface area contributed by atoms with Crippen LogP contribution in [0.4, 0.5) is 24.7 Å². The number of aromatic nitrogens is 1. The predicted molar refractivity (Wildman–Crippen MR) is 93.0 cm³/mol. The maximum atomic E-state index is 13.6. The van der Waals surface area contributed by atoms with Gasteiger partial charge in [0, 0.05) is 19.3 Å². The van der Waals surface area contributed by atoms with E-state index in [2.05, 4.69) is 15.6 Å². The molecular weight excluding hydrogens is 361 g/mol. The molecule has 1 saturated heterocycles. The summed E-state index contributed by atoms with van der Waals surface area (Å²) < 4.78 is 39.7. The van der Waals surface area contributed by atoms with Crippen molar-refractivity contribution in [3.8, 4) is 0 Å². The Balaban J connectivity index is 1.63. The third-order valence-electron chi connectivity index (χ3n) is 4.16. The molecule has 1 aromatic carbocycles. The summed E-state index contributed by atoms with van der Waals surface area (Å²) in [5.41, 5.74) is -0.182. The number of nitrogens with zero attached hydrogens (tertiary/aromatic N) is 2. The molecule has 2 amide bonds. The minimum Gasteiger partial charge on any atom is -0.356 e. The van der Waals surface area contributed by atoms with Crippen LogP contribution in [0.15, 0.2) is 30.5 Å². The third kappa shape index (κ3) is 4.18. The van der Waals surface area contributed by atoms with E-state index in [0.717, 1.165) is 32.0 Å². The second-order valence-corrected chi connectivity index (χ2v) is 6.02. The fourth-order valence-corrected chi connectivity index (χ4v) is 2.83. The molecule has 1 aromatic heterocycles. The van der Waals surface area contributed by atoms with Crippen molar-refractivity contribution >= 4 is 23.3 Å². The molecule has 27 heavy (non-hydrogen) atoms. The Bertz CT molecular complexity index is 870. The van der Waals surface area contributed by atoms with Crippen molar-refractivity contribution in [1.82, 2.24) is 10.3 Å². The number of carbonyl (C=O) groups excluding carboxylic acids is 2. The van der Waals surface area contributed by atoms with Crippen LogP contribution in [0.25, 0.3) is 0 Å². The Kier molecular flexibility index (Phi) is 5.58. The molecule has 0 aliphatic carbocycles. The van der Waals surface area contributed by atoms with Gasteiger partial charge in [-0.25, -0.2) is 18.2 Å². The monoisotopic (exact) mass is 378 g/mol. The van der Waals surface area contributed by atoms with E-state index in [1.54, 1.807) is 18.3 Å². The van der Waals surface area contributed by atoms with Gasteiger partial charge in [0.05, 0.1) is 17.8 Å². The van der Waals surface area contributed by atoms with Crippen molar-refractivity contribution in [2.45, 2.75) is 12.8 Å². The molecule has 0 atom stereocenters. The number of benzene rings is 1. The highest BCUT2D eigenvalue weighted by molar-refractivity contribution is 6.02. The van der Waals surface area contributed by atoms with E-state index in [1.807, 2.05) is 4.90 Å². The minimum absolute atomic E-state index is 0.325. The minimum atomic E-state index is -1.68. The number of nitrogens with one attached hydrogen (secondary N) is 2. The predicted octanol–water partition coefficient (Wildman–Crippen LogP) is 2.47. The summed E-state index contributed by atoms with van der Waals surface area (Å²) in [5.74, 6) is -5.28. The van der Waals surface area contributed by atoms with Crippen LogP contribution in [0.2, 0.25) is 0 Å². The molecule has 2 N–H and O–H groups in total. The second-order valence-electron chi connectivity index (χ2n) is 6.02. The average molecular weight is 378 g/mol. The maximum Gasteiger partial charge on any atom is 0.255 e. The number of anilines is 2. The van der Waals surface area contributed by atoms with E-state index in [4.69, 9.17) is 0 Å². The molecule has 0 saturated carbocycles. The second kappa shape index (κ2) is 8.07. The zero-order valence-electron chi connectivity index (χ0n) is 14.3. The number of hydrogen-bond donors (Lipinski definition) is 2. The van der Waals surface area contributed by atoms with Crippen LogP contribution in [0.3, 0.4) is 0 Å². The maximum absolute atomic E-state index is 13.6. The van der Waals surface area contributed by atoms with Crippen molar-refractivity contribution in [2.75, 3.05) is 29.9 Å². The molecule has 142 valence electrons. The van der Waals surface area contributed by atoms with E-state index in [-0.39, 0.29) is 0 Å². The fraction of sp³-hybridized carbons (Fsp3) is 0.278. The quantitative estimate of drug-likeness (QED) is 0.784. The molecule has 0 spiro atoms. The van der Waals surface area contributed by atoms with Gasteiger partial charge in [-0.2, -0.15) is 0 Å². The first-order valence-corrected chi connectivity index (χ1v) is 8.39. The van der Waals surface area contributed by atoms with E-state index in [9.17, 15) is 22.8 Å². The van der Waals surface area contributed by atoms with Gasteiger partial charge in [0.15, 0.2) is 17.5 Å². The van der Waals surface area contributed by atoms with Gasteiger partial charge < -0.3 is 15.5 Å². The fourth-order valence-electron chi connectivity index (χ4n) is 2.83. The molecule has 1 aliphatic heterocycles. The Labute approximate surface area is 153 Å². The molecule has 1 aliphatic rings. The van der Waals surface area contributed by atoms with Gasteiger partial charge in [-0.3, -0.25) is 9.59 Å². The SMILES string of the molecule is O=C(CNC(=O)c1cccnc1N1CCCC1)Nc1ccc(F)c(F)c1F. The number of amides is 2. The summed E-state index contributed by atoms with van der Waals surface area (Å²) in [4.78, 5) is 30.5. The molecule has 0 unspecified atom stereocenters. The van der Waals surface area contributed by atoms with Crippen LogP contribution < -0.4 is 15.5 Å². The van der Waals surface area contributed by atoms with Crippen LogP contribution >= 0.6 is 0 Å². The van der Waals surface area contributed by atoms with Crippen molar-refractivity contribution in [3.63, 3.8) is 0 Å². The molecule has 6 nitrogen and oxygen atoms in total. The molecule has 9 heteroatoms. The van der Waals surface area contributed by atoms with Gasteiger partial charge in [0.25, 0.3) is 5.91 Å². The lowest BCUT2D eigenvalue weighted by Crippen LogP contribution is -2.34. The van der Waals surface area contributed by atoms with E-state index in [0.29, 0.717) is 17.4 Å². The Morgan fingerprint density at radius 1 is 1.07 bits per heavy atom. The summed E-state index contributed by atoms with van der Waals surface area (Å²) in [6, 6.07) is 4.82. The third-order valence-corrected chi connectivity index (χ3v) is 4.16. The van der Waals surface area contributed by atoms with Crippen molar-refractivity contribution in [1.29, 1.82) is 0 Å². The average Bonchev–Trinajstić information content (AvgIpc) is 3.21. The molecule has 1 fully saturated rings. The highest BCUT2D eigenvalue weighted by Gasteiger charge is 2.21. The summed E-state index contributed by atoms with van der Waals surface area (Å²) >= 11 is 0. The van der Waals surface area contributed by atoms with Gasteiger partial charge in [-0.05, 0) is 37.1 Å². The van der Waals surface area contributed by atoms with E-state index >= 15 is 0 Å². The topological polar surface area (TPSA) is 74.3 Å². The zero-order valence-corrected chi connectivity index (χ0v) is 14.3. The molecule has 2 heterocycles. The van der Waals surface area contributed by atoms with Gasteiger partial charge in [-0.15, -0.1) is 0 Å². The number of hydrogen-bond acceptors (Lipinski definition) is 4. The lowest BCUT2D eigenvalue weighted by atomic mass is 10.2. The van der Waals surface area contributed by atoms with Gasteiger partial charge in [0.1, 0.15) is 5.82 Å². The van der Waals surface area contributed by atoms with Crippen LogP contribution in [-0.2, 0) is 4.79 Å². The largest absolute Gasteiger partial charge is 0.356 e. The summed E-state index contributed by atoms with van der Waals surface area (Å²) in [5, 5.41) is 4.51. The summed E-state index contributed by atoms with van der Waals surface area (Å²) in [6.45, 7) is 1.13. The molecule has 3 rings (SSSR count). The zero-order chi connectivity index (χ0) is 19.4. The highest BCUT2D eigenvalue weighted by atomic mass is 19.2. The van der Waals surface area contributed by atoms with Crippen LogP contribution in [0, 0.1) is 17.5 Å². The number of rotatable bonds is 5. The summed E-state index contributed by atoms with van der Waals surface area (Å²) in [7, 11) is 0.